The third-order valence-corrected chi connectivity index (χ3v) is 5.09. The van der Waals surface area contributed by atoms with E-state index in [4.69, 9.17) is 9.47 Å². The highest BCUT2D eigenvalue weighted by atomic mass is 16.5. The van der Waals surface area contributed by atoms with Gasteiger partial charge in [-0.2, -0.15) is 0 Å². The molecule has 2 aromatic carbocycles. The van der Waals surface area contributed by atoms with Crippen molar-refractivity contribution in [3.05, 3.63) is 54.1 Å². The summed E-state index contributed by atoms with van der Waals surface area (Å²) in [6.07, 6.45) is 1.03. The molecule has 1 atom stereocenters. The molecule has 0 saturated carbocycles. The summed E-state index contributed by atoms with van der Waals surface area (Å²) in [6.45, 7) is 4.00. The lowest BCUT2D eigenvalue weighted by atomic mass is 9.99. The van der Waals surface area contributed by atoms with E-state index in [1.54, 1.807) is 18.2 Å². The summed E-state index contributed by atoms with van der Waals surface area (Å²) in [6, 6.07) is 14.8. The van der Waals surface area contributed by atoms with Gasteiger partial charge >= 0.3 is 5.97 Å². The number of fused-ring (bicyclic) bond motifs is 1. The molecule has 0 unspecified atom stereocenters. The zero-order chi connectivity index (χ0) is 21.5. The molecule has 0 bridgehead atoms. The molecule has 7 nitrogen and oxygen atoms in total. The van der Waals surface area contributed by atoms with E-state index in [-0.39, 0.29) is 32.1 Å². The zero-order valence-corrected chi connectivity index (χ0v) is 17.2. The number of esters is 1. The molecule has 0 aliphatic carbocycles. The molecule has 0 aromatic heterocycles. The Morgan fingerprint density at radius 1 is 1.17 bits per heavy atom. The van der Waals surface area contributed by atoms with Crippen molar-refractivity contribution in [1.82, 2.24) is 0 Å². The van der Waals surface area contributed by atoms with E-state index in [2.05, 4.69) is 19.2 Å². The van der Waals surface area contributed by atoms with Gasteiger partial charge in [-0.1, -0.05) is 38.1 Å². The highest BCUT2D eigenvalue weighted by Gasteiger charge is 2.25. The van der Waals surface area contributed by atoms with Crippen molar-refractivity contribution < 1.29 is 23.9 Å². The number of amides is 2. The number of benzene rings is 2. The highest BCUT2D eigenvalue weighted by molar-refractivity contribution is 5.98. The van der Waals surface area contributed by atoms with E-state index in [1.165, 1.54) is 10.5 Å². The van der Waals surface area contributed by atoms with Crippen molar-refractivity contribution in [1.29, 1.82) is 0 Å². The van der Waals surface area contributed by atoms with Crippen LogP contribution >= 0.6 is 0 Å². The fourth-order valence-corrected chi connectivity index (χ4v) is 3.15. The van der Waals surface area contributed by atoms with Gasteiger partial charge in [-0.25, -0.2) is 0 Å². The molecule has 158 valence electrons. The Labute approximate surface area is 176 Å². The second-order valence-corrected chi connectivity index (χ2v) is 7.19. The third kappa shape index (κ3) is 5.37. The molecule has 1 N–H and O–H groups in total. The number of hydrogen-bond acceptors (Lipinski definition) is 5. The second-order valence-electron chi connectivity index (χ2n) is 7.19. The molecule has 0 radical (unpaired) electrons. The van der Waals surface area contributed by atoms with Crippen LogP contribution in [-0.2, 0) is 19.1 Å². The van der Waals surface area contributed by atoms with Crippen LogP contribution in [0.2, 0.25) is 0 Å². The number of nitrogens with zero attached hydrogens (tertiary/aromatic N) is 1. The molecule has 0 spiro atoms. The Morgan fingerprint density at radius 2 is 1.90 bits per heavy atom. The van der Waals surface area contributed by atoms with Crippen LogP contribution in [0.4, 0.5) is 11.4 Å². The molecular formula is C23H26N2O5. The maximum atomic E-state index is 12.1. The summed E-state index contributed by atoms with van der Waals surface area (Å²) >= 11 is 0. The molecule has 30 heavy (non-hydrogen) atoms. The monoisotopic (exact) mass is 410 g/mol. The minimum atomic E-state index is -0.547. The molecule has 2 aromatic rings. The number of nitrogens with one attached hydrogen (secondary N) is 1. The van der Waals surface area contributed by atoms with Crippen LogP contribution in [0.25, 0.3) is 0 Å². The van der Waals surface area contributed by atoms with Gasteiger partial charge in [-0.15, -0.1) is 0 Å². The predicted octanol–water partition coefficient (Wildman–Crippen LogP) is 3.50. The summed E-state index contributed by atoms with van der Waals surface area (Å²) in [5, 5.41) is 2.71. The average Bonchev–Trinajstić information content (AvgIpc) is 2.77. The van der Waals surface area contributed by atoms with Crippen LogP contribution in [-0.4, -0.2) is 37.5 Å². The maximum Gasteiger partial charge on any atom is 0.308 e. The summed E-state index contributed by atoms with van der Waals surface area (Å²) in [7, 11) is 0. The quantitative estimate of drug-likeness (QED) is 0.674. The smallest absolute Gasteiger partial charge is 0.308 e. The highest BCUT2D eigenvalue weighted by Crippen LogP contribution is 2.31. The Kier molecular flexibility index (Phi) is 7.06. The minimum absolute atomic E-state index is 0.0169. The topological polar surface area (TPSA) is 84.9 Å². The van der Waals surface area contributed by atoms with E-state index in [1.807, 2.05) is 30.3 Å². The molecule has 1 aliphatic heterocycles. The summed E-state index contributed by atoms with van der Waals surface area (Å²) in [5.41, 5.74) is 2.49. The summed E-state index contributed by atoms with van der Waals surface area (Å²) < 4.78 is 10.4. The maximum absolute atomic E-state index is 12.1. The molecule has 0 saturated heterocycles. The number of carbonyl (C=O) groups is 3. The third-order valence-electron chi connectivity index (χ3n) is 5.09. The van der Waals surface area contributed by atoms with Crippen molar-refractivity contribution >= 4 is 29.2 Å². The van der Waals surface area contributed by atoms with Gasteiger partial charge in [0.2, 0.25) is 0 Å². The van der Waals surface area contributed by atoms with Gasteiger partial charge in [0.25, 0.3) is 11.8 Å². The number of rotatable bonds is 8. The van der Waals surface area contributed by atoms with Crippen LogP contribution in [0.15, 0.2) is 48.5 Å². The van der Waals surface area contributed by atoms with E-state index >= 15 is 0 Å². The molecular weight excluding hydrogens is 384 g/mol. The van der Waals surface area contributed by atoms with E-state index in [0.29, 0.717) is 23.0 Å². The lowest BCUT2D eigenvalue weighted by Crippen LogP contribution is -2.40. The number of ether oxygens (including phenoxy) is 2. The van der Waals surface area contributed by atoms with Gasteiger partial charge < -0.3 is 19.7 Å². The van der Waals surface area contributed by atoms with Crippen molar-refractivity contribution in [2.75, 3.05) is 30.0 Å². The number of hydrogen-bond donors (Lipinski definition) is 1. The minimum Gasteiger partial charge on any atom is -0.482 e. The van der Waals surface area contributed by atoms with Crippen LogP contribution in [0.3, 0.4) is 0 Å². The van der Waals surface area contributed by atoms with Gasteiger partial charge in [-0.3, -0.25) is 14.4 Å². The Bertz CT molecular complexity index is 910. The first-order valence-corrected chi connectivity index (χ1v) is 10.1. The second kappa shape index (κ2) is 9.91. The Hall–Kier alpha value is -3.35. The number of carbonyl (C=O) groups excluding carboxylic acids is 3. The van der Waals surface area contributed by atoms with Gasteiger partial charge in [0.05, 0.1) is 12.1 Å². The zero-order valence-electron chi connectivity index (χ0n) is 17.2. The first-order valence-electron chi connectivity index (χ1n) is 10.1. The van der Waals surface area contributed by atoms with Crippen molar-refractivity contribution in [2.24, 2.45) is 0 Å². The first kappa shape index (κ1) is 21.4. The lowest BCUT2D eigenvalue weighted by Gasteiger charge is -2.28. The van der Waals surface area contributed by atoms with E-state index < -0.39 is 11.9 Å². The van der Waals surface area contributed by atoms with Crippen LogP contribution in [0.5, 0.6) is 5.75 Å². The fraction of sp³-hybridized carbons (Fsp3) is 0.348. The number of para-hydroxylation sites is 2. The lowest BCUT2D eigenvalue weighted by molar-refractivity contribution is -0.147. The SMILES string of the molecule is CC[C@@H](C)c1ccc(NC(=O)COC(=O)CCN2C(=O)COc3ccccc32)cc1. The van der Waals surface area contributed by atoms with Crippen molar-refractivity contribution in [3.8, 4) is 5.75 Å². The molecule has 0 fully saturated rings. The van der Waals surface area contributed by atoms with Gasteiger partial charge in [0.1, 0.15) is 5.75 Å². The standard InChI is InChI=1S/C23H26N2O5/c1-3-16(2)17-8-10-18(11-9-17)24-21(26)14-30-23(28)12-13-25-19-6-4-5-7-20(19)29-15-22(25)27/h4-11,16H,3,12-15H2,1-2H3,(H,24,26)/t16-/m1/s1. The van der Waals surface area contributed by atoms with Crippen LogP contribution in [0.1, 0.15) is 38.2 Å². The van der Waals surface area contributed by atoms with E-state index in [9.17, 15) is 14.4 Å². The Morgan fingerprint density at radius 3 is 2.63 bits per heavy atom. The van der Waals surface area contributed by atoms with Crippen LogP contribution in [0, 0.1) is 0 Å². The molecule has 2 amide bonds. The Balaban J connectivity index is 1.44. The van der Waals surface area contributed by atoms with Crippen molar-refractivity contribution in [2.45, 2.75) is 32.6 Å². The normalized spacial score (nSPS) is 13.8. The first-order chi connectivity index (χ1) is 14.5. The number of anilines is 2. The largest absolute Gasteiger partial charge is 0.482 e. The average molecular weight is 410 g/mol. The van der Waals surface area contributed by atoms with E-state index in [0.717, 1.165) is 6.42 Å². The van der Waals surface area contributed by atoms with Gasteiger partial charge in [0, 0.05) is 12.2 Å². The molecule has 1 aliphatic rings. The fourth-order valence-electron chi connectivity index (χ4n) is 3.15. The van der Waals surface area contributed by atoms with Crippen molar-refractivity contribution in [3.63, 3.8) is 0 Å². The molecule has 3 rings (SSSR count). The van der Waals surface area contributed by atoms with Gasteiger partial charge in [-0.05, 0) is 42.2 Å². The molecule has 1 heterocycles. The van der Waals surface area contributed by atoms with Gasteiger partial charge in [0.15, 0.2) is 13.2 Å². The summed E-state index contributed by atoms with van der Waals surface area (Å²) in [5.74, 6) is -0.119. The van der Waals surface area contributed by atoms with Crippen LogP contribution < -0.4 is 15.0 Å². The summed E-state index contributed by atoms with van der Waals surface area (Å²) in [4.78, 5) is 37.7. The molecule has 7 heteroatoms. The predicted molar refractivity (Wildman–Crippen MR) is 114 cm³/mol.